The molecule has 0 saturated carbocycles. The maximum absolute atomic E-state index is 11.8. The van der Waals surface area contributed by atoms with E-state index < -0.39 is 0 Å². The molecule has 1 amide bonds. The van der Waals surface area contributed by atoms with Crippen LogP contribution in [0.25, 0.3) is 0 Å². The normalized spacial score (nSPS) is 11.7. The van der Waals surface area contributed by atoms with Gasteiger partial charge in [0, 0.05) is 25.8 Å². The minimum atomic E-state index is -0.0576. The zero-order valence-electron chi connectivity index (χ0n) is 11.0. The summed E-state index contributed by atoms with van der Waals surface area (Å²) < 4.78 is 4.99. The third kappa shape index (κ3) is 4.19. The molecule has 0 aliphatic rings. The fourth-order valence-corrected chi connectivity index (χ4v) is 1.69. The molecule has 1 aromatic rings. The van der Waals surface area contributed by atoms with Crippen LogP contribution in [0.2, 0.25) is 0 Å². The minimum Gasteiger partial charge on any atom is -0.384 e. The Balaban J connectivity index is 2.67. The van der Waals surface area contributed by atoms with E-state index in [-0.39, 0.29) is 11.8 Å². The van der Waals surface area contributed by atoms with Crippen molar-refractivity contribution in [3.63, 3.8) is 0 Å². The van der Waals surface area contributed by atoms with E-state index >= 15 is 0 Å². The first-order valence-electron chi connectivity index (χ1n) is 5.86. The second-order valence-corrected chi connectivity index (χ2v) is 4.45. The number of methoxy groups -OCH3 is 1. The molecule has 0 aromatic heterocycles. The van der Waals surface area contributed by atoms with Crippen LogP contribution in [0.3, 0.4) is 0 Å². The van der Waals surface area contributed by atoms with Gasteiger partial charge in [0.2, 0.25) is 5.91 Å². The average molecular weight is 246 g/mol. The fourth-order valence-electron chi connectivity index (χ4n) is 1.69. The minimum absolute atomic E-state index is 0.0576. The van der Waals surface area contributed by atoms with Gasteiger partial charge in [-0.05, 0) is 30.5 Å². The summed E-state index contributed by atoms with van der Waals surface area (Å²) in [6, 6.07) is 7.31. The topological polar surface area (TPSA) is 62.1 Å². The van der Waals surface area contributed by atoms with Crippen molar-refractivity contribution in [2.75, 3.05) is 19.0 Å². The fraction of sp³-hybridized carbons (Fsp3) is 0.429. The number of hydrogen-bond acceptors (Lipinski definition) is 3. The summed E-state index contributed by atoms with van der Waals surface area (Å²) in [7, 11) is 1.62. The molecule has 0 fully saturated rings. The van der Waals surface area contributed by atoms with Gasteiger partial charge in [0.05, 0.1) is 11.6 Å². The first kappa shape index (κ1) is 14.2. The molecule has 0 heterocycles. The van der Waals surface area contributed by atoms with E-state index in [4.69, 9.17) is 10.00 Å². The van der Waals surface area contributed by atoms with Gasteiger partial charge in [-0.15, -0.1) is 0 Å². The number of anilines is 1. The molecule has 18 heavy (non-hydrogen) atoms. The van der Waals surface area contributed by atoms with E-state index in [1.807, 2.05) is 19.9 Å². The van der Waals surface area contributed by atoms with Crippen LogP contribution in [-0.4, -0.2) is 19.6 Å². The molecule has 0 saturated heterocycles. The van der Waals surface area contributed by atoms with Crippen LogP contribution >= 0.6 is 0 Å². The number of nitriles is 1. The van der Waals surface area contributed by atoms with Gasteiger partial charge in [0.25, 0.3) is 0 Å². The van der Waals surface area contributed by atoms with Crippen molar-refractivity contribution in [1.82, 2.24) is 0 Å². The summed E-state index contributed by atoms with van der Waals surface area (Å²) >= 11 is 0. The zero-order valence-corrected chi connectivity index (χ0v) is 11.0. The SMILES string of the molecule is COCC(C)CC(=O)Nc1cc(C#N)ccc1C. The van der Waals surface area contributed by atoms with E-state index in [2.05, 4.69) is 11.4 Å². The van der Waals surface area contributed by atoms with Gasteiger partial charge in [-0.3, -0.25) is 4.79 Å². The Kier molecular flexibility index (Phi) is 5.34. The van der Waals surface area contributed by atoms with E-state index in [9.17, 15) is 4.79 Å². The van der Waals surface area contributed by atoms with Crippen LogP contribution in [-0.2, 0) is 9.53 Å². The van der Waals surface area contributed by atoms with Gasteiger partial charge in [-0.1, -0.05) is 13.0 Å². The van der Waals surface area contributed by atoms with E-state index in [0.29, 0.717) is 24.3 Å². The number of aryl methyl sites for hydroxylation is 1. The van der Waals surface area contributed by atoms with Crippen molar-refractivity contribution in [3.05, 3.63) is 29.3 Å². The molecule has 0 aliphatic heterocycles. The van der Waals surface area contributed by atoms with Gasteiger partial charge < -0.3 is 10.1 Å². The molecule has 0 aliphatic carbocycles. The lowest BCUT2D eigenvalue weighted by atomic mass is 10.1. The maximum Gasteiger partial charge on any atom is 0.224 e. The lowest BCUT2D eigenvalue weighted by Crippen LogP contribution is -2.18. The summed E-state index contributed by atoms with van der Waals surface area (Å²) in [5.74, 6) is 0.118. The van der Waals surface area contributed by atoms with E-state index in [1.54, 1.807) is 19.2 Å². The van der Waals surface area contributed by atoms with Crippen molar-refractivity contribution >= 4 is 11.6 Å². The highest BCUT2D eigenvalue weighted by molar-refractivity contribution is 5.91. The first-order valence-corrected chi connectivity index (χ1v) is 5.86. The molecule has 1 N–H and O–H groups in total. The number of carbonyl (C=O) groups is 1. The van der Waals surface area contributed by atoms with Gasteiger partial charge in [0.15, 0.2) is 0 Å². The largest absolute Gasteiger partial charge is 0.384 e. The van der Waals surface area contributed by atoms with Crippen LogP contribution in [0.1, 0.15) is 24.5 Å². The number of carbonyl (C=O) groups excluding carboxylic acids is 1. The Morgan fingerprint density at radius 1 is 1.56 bits per heavy atom. The number of benzene rings is 1. The molecule has 96 valence electrons. The second-order valence-electron chi connectivity index (χ2n) is 4.45. The molecule has 0 bridgehead atoms. The lowest BCUT2D eigenvalue weighted by molar-refractivity contribution is -0.117. The highest BCUT2D eigenvalue weighted by Crippen LogP contribution is 2.17. The van der Waals surface area contributed by atoms with Crippen LogP contribution in [0.15, 0.2) is 18.2 Å². The van der Waals surface area contributed by atoms with Crippen molar-refractivity contribution in [3.8, 4) is 6.07 Å². The van der Waals surface area contributed by atoms with Crippen molar-refractivity contribution < 1.29 is 9.53 Å². The lowest BCUT2D eigenvalue weighted by Gasteiger charge is -2.12. The zero-order chi connectivity index (χ0) is 13.5. The number of amides is 1. The van der Waals surface area contributed by atoms with Crippen LogP contribution < -0.4 is 5.32 Å². The smallest absolute Gasteiger partial charge is 0.224 e. The number of nitrogens with zero attached hydrogens (tertiary/aromatic N) is 1. The Bertz CT molecular complexity index is 463. The van der Waals surface area contributed by atoms with Gasteiger partial charge in [-0.2, -0.15) is 5.26 Å². The van der Waals surface area contributed by atoms with Gasteiger partial charge in [-0.25, -0.2) is 0 Å². The molecule has 1 aromatic carbocycles. The Labute approximate surface area is 108 Å². The monoisotopic (exact) mass is 246 g/mol. The highest BCUT2D eigenvalue weighted by atomic mass is 16.5. The summed E-state index contributed by atoms with van der Waals surface area (Å²) in [6.07, 6.45) is 0.407. The number of hydrogen-bond donors (Lipinski definition) is 1. The molecule has 0 spiro atoms. The van der Waals surface area contributed by atoms with E-state index in [1.165, 1.54) is 0 Å². The first-order chi connectivity index (χ1) is 8.56. The molecule has 1 unspecified atom stereocenters. The van der Waals surface area contributed by atoms with Crippen molar-refractivity contribution in [1.29, 1.82) is 5.26 Å². The van der Waals surface area contributed by atoms with Crippen LogP contribution in [0, 0.1) is 24.2 Å². The average Bonchev–Trinajstić information content (AvgIpc) is 2.32. The Morgan fingerprint density at radius 2 is 2.28 bits per heavy atom. The highest BCUT2D eigenvalue weighted by Gasteiger charge is 2.10. The summed E-state index contributed by atoms with van der Waals surface area (Å²) in [6.45, 7) is 4.42. The number of ether oxygens (including phenoxy) is 1. The molecule has 1 atom stereocenters. The third-order valence-corrected chi connectivity index (χ3v) is 2.63. The maximum atomic E-state index is 11.8. The molecule has 0 radical (unpaired) electrons. The molecular formula is C14H18N2O2. The van der Waals surface area contributed by atoms with Crippen LogP contribution in [0.5, 0.6) is 0 Å². The molecule has 4 nitrogen and oxygen atoms in total. The molecule has 1 rings (SSSR count). The number of nitrogens with one attached hydrogen (secondary N) is 1. The summed E-state index contributed by atoms with van der Waals surface area (Å²) in [5, 5.41) is 11.7. The van der Waals surface area contributed by atoms with Gasteiger partial charge >= 0.3 is 0 Å². The van der Waals surface area contributed by atoms with Crippen molar-refractivity contribution in [2.45, 2.75) is 20.3 Å². The summed E-state index contributed by atoms with van der Waals surface area (Å²) in [5.41, 5.74) is 2.19. The summed E-state index contributed by atoms with van der Waals surface area (Å²) in [4.78, 5) is 11.8. The van der Waals surface area contributed by atoms with E-state index in [0.717, 1.165) is 5.56 Å². The standard InChI is InChI=1S/C14H18N2O2/c1-10(9-18-3)6-14(17)16-13-7-12(8-15)5-4-11(13)2/h4-5,7,10H,6,9H2,1-3H3,(H,16,17). The van der Waals surface area contributed by atoms with Gasteiger partial charge in [0.1, 0.15) is 0 Å². The quantitative estimate of drug-likeness (QED) is 0.868. The second kappa shape index (κ2) is 6.77. The predicted octanol–water partition coefficient (Wildman–Crippen LogP) is 2.48. The molecular weight excluding hydrogens is 228 g/mol. The Morgan fingerprint density at radius 3 is 2.89 bits per heavy atom. The predicted molar refractivity (Wildman–Crippen MR) is 70.2 cm³/mol. The third-order valence-electron chi connectivity index (χ3n) is 2.63. The Hall–Kier alpha value is -1.86. The number of rotatable bonds is 5. The van der Waals surface area contributed by atoms with Crippen LogP contribution in [0.4, 0.5) is 5.69 Å². The molecule has 4 heteroatoms. The van der Waals surface area contributed by atoms with Crippen molar-refractivity contribution in [2.24, 2.45) is 5.92 Å².